The van der Waals surface area contributed by atoms with E-state index in [2.05, 4.69) is 10.3 Å². The number of aromatic nitrogens is 2. The van der Waals surface area contributed by atoms with E-state index in [1.807, 2.05) is 60.2 Å². The molecular weight excluding hydrogens is 306 g/mol. The zero-order chi connectivity index (χ0) is 16.2. The van der Waals surface area contributed by atoms with E-state index >= 15 is 0 Å². The molecule has 0 saturated carbocycles. The maximum absolute atomic E-state index is 12.3. The molecule has 23 heavy (non-hydrogen) atoms. The molecule has 5 heteroatoms. The smallest absolute Gasteiger partial charge is 0.251 e. The predicted molar refractivity (Wildman–Crippen MR) is 93.3 cm³/mol. The Labute approximate surface area is 139 Å². The van der Waals surface area contributed by atoms with E-state index in [9.17, 15) is 4.79 Å². The zero-order valence-corrected chi connectivity index (χ0v) is 13.6. The van der Waals surface area contributed by atoms with Crippen molar-refractivity contribution in [3.63, 3.8) is 0 Å². The van der Waals surface area contributed by atoms with Gasteiger partial charge in [0.25, 0.3) is 5.91 Å². The predicted octanol–water partition coefficient (Wildman–Crippen LogP) is 3.77. The van der Waals surface area contributed by atoms with Crippen molar-refractivity contribution in [3.8, 4) is 5.69 Å². The molecule has 0 aliphatic heterocycles. The van der Waals surface area contributed by atoms with Gasteiger partial charge in [0.1, 0.15) is 0 Å². The maximum Gasteiger partial charge on any atom is 0.251 e. The van der Waals surface area contributed by atoms with Crippen LogP contribution in [0.3, 0.4) is 0 Å². The number of carbonyl (C=O) groups is 1. The summed E-state index contributed by atoms with van der Waals surface area (Å²) in [6.45, 7) is 2.55. The summed E-state index contributed by atoms with van der Waals surface area (Å²) in [4.78, 5) is 15.3. The minimum absolute atomic E-state index is 0.102. The Bertz CT molecular complexity index is 878. The fourth-order valence-corrected chi connectivity index (χ4v) is 2.55. The van der Waals surface area contributed by atoms with Gasteiger partial charge >= 0.3 is 0 Å². The number of amides is 1. The monoisotopic (exact) mass is 323 g/mol. The van der Waals surface area contributed by atoms with E-state index in [4.69, 9.17) is 12.2 Å². The second-order valence-electron chi connectivity index (χ2n) is 5.35. The highest BCUT2D eigenvalue weighted by molar-refractivity contribution is 7.71. The molecule has 1 amide bonds. The Balaban J connectivity index is 1.74. The van der Waals surface area contributed by atoms with Crippen LogP contribution in [0.15, 0.2) is 60.9 Å². The molecule has 0 atom stereocenters. The van der Waals surface area contributed by atoms with Crippen LogP contribution in [-0.4, -0.2) is 15.5 Å². The van der Waals surface area contributed by atoms with Crippen LogP contribution in [0.1, 0.15) is 21.5 Å². The summed E-state index contributed by atoms with van der Waals surface area (Å²) in [5.74, 6) is -0.102. The lowest BCUT2D eigenvalue weighted by Crippen LogP contribution is -2.22. The number of benzene rings is 2. The summed E-state index contributed by atoms with van der Waals surface area (Å²) in [6, 6.07) is 15.5. The van der Waals surface area contributed by atoms with E-state index in [0.717, 1.165) is 11.3 Å². The standard InChI is InChI=1S/C18H17N3OS/c1-13-5-7-14(8-6-13)12-20-17(22)15-3-2-4-16(11-15)21-10-9-19-18(21)23/h2-11H,12H2,1H3,(H,19,23)(H,20,22). The van der Waals surface area contributed by atoms with Crippen LogP contribution in [0.25, 0.3) is 5.69 Å². The molecule has 0 aliphatic rings. The van der Waals surface area contributed by atoms with Crippen molar-refractivity contribution in [1.82, 2.24) is 14.9 Å². The van der Waals surface area contributed by atoms with Gasteiger partial charge in [-0.25, -0.2) is 0 Å². The third-order valence-electron chi connectivity index (χ3n) is 3.61. The Kier molecular flexibility index (Phi) is 4.39. The van der Waals surface area contributed by atoms with Gasteiger partial charge in [0, 0.05) is 30.2 Å². The molecule has 0 fully saturated rings. The first-order chi connectivity index (χ1) is 11.1. The number of aromatic amines is 1. The highest BCUT2D eigenvalue weighted by Crippen LogP contribution is 2.11. The van der Waals surface area contributed by atoms with Crippen LogP contribution < -0.4 is 5.32 Å². The van der Waals surface area contributed by atoms with Gasteiger partial charge in [-0.2, -0.15) is 0 Å². The van der Waals surface area contributed by atoms with Gasteiger partial charge in [0.05, 0.1) is 0 Å². The fourth-order valence-electron chi connectivity index (χ4n) is 2.31. The number of hydrogen-bond donors (Lipinski definition) is 2. The van der Waals surface area contributed by atoms with Crippen molar-refractivity contribution < 1.29 is 4.79 Å². The number of rotatable bonds is 4. The van der Waals surface area contributed by atoms with E-state index in [1.165, 1.54) is 5.56 Å². The topological polar surface area (TPSA) is 49.8 Å². The van der Waals surface area contributed by atoms with Gasteiger partial charge < -0.3 is 10.3 Å². The molecule has 116 valence electrons. The van der Waals surface area contributed by atoms with Gasteiger partial charge in [0.15, 0.2) is 4.77 Å². The number of hydrogen-bond acceptors (Lipinski definition) is 2. The molecule has 3 aromatic rings. The molecular formula is C18H17N3OS. The molecule has 0 saturated heterocycles. The summed E-state index contributed by atoms with van der Waals surface area (Å²) >= 11 is 5.21. The molecule has 1 heterocycles. The molecule has 0 bridgehead atoms. The second-order valence-corrected chi connectivity index (χ2v) is 5.74. The molecule has 0 aliphatic carbocycles. The molecule has 4 nitrogen and oxygen atoms in total. The lowest BCUT2D eigenvalue weighted by atomic mass is 10.1. The number of nitrogens with one attached hydrogen (secondary N) is 2. The molecule has 0 unspecified atom stereocenters. The SMILES string of the molecule is Cc1ccc(CNC(=O)c2cccc(-n3cc[nH]c3=S)c2)cc1. The van der Waals surface area contributed by atoms with E-state index < -0.39 is 0 Å². The molecule has 0 radical (unpaired) electrons. The number of H-pyrrole nitrogens is 1. The van der Waals surface area contributed by atoms with Crippen molar-refractivity contribution in [2.75, 3.05) is 0 Å². The second kappa shape index (κ2) is 6.62. The first-order valence-corrected chi connectivity index (χ1v) is 7.74. The first-order valence-electron chi connectivity index (χ1n) is 7.34. The van der Waals surface area contributed by atoms with Gasteiger partial charge in [-0.05, 0) is 42.9 Å². The Hall–Kier alpha value is -2.66. The van der Waals surface area contributed by atoms with Gasteiger partial charge in [0.2, 0.25) is 0 Å². The van der Waals surface area contributed by atoms with E-state index in [1.54, 1.807) is 12.3 Å². The van der Waals surface area contributed by atoms with Crippen molar-refractivity contribution in [2.45, 2.75) is 13.5 Å². The van der Waals surface area contributed by atoms with E-state index in [-0.39, 0.29) is 5.91 Å². The van der Waals surface area contributed by atoms with Crippen LogP contribution in [0.2, 0.25) is 0 Å². The van der Waals surface area contributed by atoms with E-state index in [0.29, 0.717) is 16.9 Å². The Morgan fingerprint density at radius 2 is 2.00 bits per heavy atom. The van der Waals surface area contributed by atoms with Crippen LogP contribution >= 0.6 is 12.2 Å². The van der Waals surface area contributed by atoms with Gasteiger partial charge in [-0.3, -0.25) is 9.36 Å². The minimum atomic E-state index is -0.102. The quantitative estimate of drug-likeness (QED) is 0.718. The molecule has 3 rings (SSSR count). The average molecular weight is 323 g/mol. The summed E-state index contributed by atoms with van der Waals surface area (Å²) in [5, 5.41) is 2.94. The summed E-state index contributed by atoms with van der Waals surface area (Å²) in [5.41, 5.74) is 3.75. The average Bonchev–Trinajstić information content (AvgIpc) is 3.00. The third-order valence-corrected chi connectivity index (χ3v) is 3.92. The van der Waals surface area contributed by atoms with Crippen LogP contribution in [0, 0.1) is 11.7 Å². The van der Waals surface area contributed by atoms with Crippen LogP contribution in [0.5, 0.6) is 0 Å². The molecule has 0 spiro atoms. The molecule has 1 aromatic heterocycles. The minimum Gasteiger partial charge on any atom is -0.348 e. The highest BCUT2D eigenvalue weighted by Gasteiger charge is 2.07. The number of nitrogens with zero attached hydrogens (tertiary/aromatic N) is 1. The van der Waals surface area contributed by atoms with Crippen molar-refractivity contribution in [2.24, 2.45) is 0 Å². The van der Waals surface area contributed by atoms with Crippen molar-refractivity contribution >= 4 is 18.1 Å². The van der Waals surface area contributed by atoms with Gasteiger partial charge in [-0.1, -0.05) is 35.9 Å². The highest BCUT2D eigenvalue weighted by atomic mass is 32.1. The largest absolute Gasteiger partial charge is 0.348 e. The summed E-state index contributed by atoms with van der Waals surface area (Å²) in [6.07, 6.45) is 3.61. The Morgan fingerprint density at radius 1 is 1.22 bits per heavy atom. The number of carbonyl (C=O) groups excluding carboxylic acids is 1. The summed E-state index contributed by atoms with van der Waals surface area (Å²) in [7, 11) is 0. The van der Waals surface area contributed by atoms with Crippen LogP contribution in [-0.2, 0) is 6.54 Å². The van der Waals surface area contributed by atoms with Gasteiger partial charge in [-0.15, -0.1) is 0 Å². The fraction of sp³-hybridized carbons (Fsp3) is 0.111. The lowest BCUT2D eigenvalue weighted by molar-refractivity contribution is 0.0951. The first kappa shape index (κ1) is 15.2. The number of aryl methyl sites for hydroxylation is 1. The Morgan fingerprint density at radius 3 is 2.70 bits per heavy atom. The van der Waals surface area contributed by atoms with Crippen molar-refractivity contribution in [3.05, 3.63) is 82.4 Å². The maximum atomic E-state index is 12.3. The normalized spacial score (nSPS) is 10.5. The summed E-state index contributed by atoms with van der Waals surface area (Å²) < 4.78 is 2.42. The number of imidazole rings is 1. The van der Waals surface area contributed by atoms with Crippen molar-refractivity contribution in [1.29, 1.82) is 0 Å². The van der Waals surface area contributed by atoms with Crippen LogP contribution in [0.4, 0.5) is 0 Å². The zero-order valence-electron chi connectivity index (χ0n) is 12.7. The molecule has 2 N–H and O–H groups in total. The lowest BCUT2D eigenvalue weighted by Gasteiger charge is -2.08. The third kappa shape index (κ3) is 3.57. The molecule has 2 aromatic carbocycles.